The van der Waals surface area contributed by atoms with Crippen LogP contribution in [0, 0.1) is 5.92 Å². The van der Waals surface area contributed by atoms with E-state index < -0.39 is 0 Å². The number of aliphatic hydroxyl groups excluding tert-OH is 1. The second-order valence-electron chi connectivity index (χ2n) is 4.16. The van der Waals surface area contributed by atoms with Gasteiger partial charge in [-0.2, -0.15) is 0 Å². The van der Waals surface area contributed by atoms with Crippen molar-refractivity contribution >= 4 is 11.6 Å². The number of hydrogen-bond donors (Lipinski definition) is 1. The summed E-state index contributed by atoms with van der Waals surface area (Å²) >= 11 is 6.00. The molecular weight excluding hydrogens is 242 g/mol. The Hall–Kier alpha value is -0.840. The van der Waals surface area contributed by atoms with Gasteiger partial charge in [-0.1, -0.05) is 11.6 Å². The molecule has 4 nitrogen and oxygen atoms in total. The van der Waals surface area contributed by atoms with Crippen molar-refractivity contribution in [3.63, 3.8) is 0 Å². The molecule has 0 aromatic carbocycles. The summed E-state index contributed by atoms with van der Waals surface area (Å²) in [4.78, 5) is 4.09. The molecule has 1 aliphatic heterocycles. The summed E-state index contributed by atoms with van der Waals surface area (Å²) in [6.45, 7) is 2.17. The molecule has 2 rings (SSSR count). The van der Waals surface area contributed by atoms with Crippen LogP contribution in [0.3, 0.4) is 0 Å². The van der Waals surface area contributed by atoms with Crippen molar-refractivity contribution < 1.29 is 14.6 Å². The van der Waals surface area contributed by atoms with Gasteiger partial charge in [-0.05, 0) is 30.4 Å². The zero-order chi connectivity index (χ0) is 12.1. The molecule has 1 N–H and O–H groups in total. The standard InChI is InChI=1S/C12H16ClNO3/c13-11-5-10(7-15)6-14-12(11)17-8-9-1-3-16-4-2-9/h5-6,9,15H,1-4,7-8H2. The largest absolute Gasteiger partial charge is 0.476 e. The minimum Gasteiger partial charge on any atom is -0.476 e. The van der Waals surface area contributed by atoms with E-state index >= 15 is 0 Å². The topological polar surface area (TPSA) is 51.6 Å². The van der Waals surface area contributed by atoms with Crippen molar-refractivity contribution in [1.82, 2.24) is 4.98 Å². The average molecular weight is 258 g/mol. The molecule has 17 heavy (non-hydrogen) atoms. The van der Waals surface area contributed by atoms with Crippen LogP contribution in [0.2, 0.25) is 5.02 Å². The highest BCUT2D eigenvalue weighted by molar-refractivity contribution is 6.31. The molecule has 5 heteroatoms. The van der Waals surface area contributed by atoms with Crippen LogP contribution in [0.25, 0.3) is 0 Å². The third-order valence-electron chi connectivity index (χ3n) is 2.84. The lowest BCUT2D eigenvalue weighted by atomic mass is 10.0. The molecule has 0 spiro atoms. The highest BCUT2D eigenvalue weighted by Crippen LogP contribution is 2.24. The van der Waals surface area contributed by atoms with Crippen LogP contribution in [0.5, 0.6) is 5.88 Å². The van der Waals surface area contributed by atoms with E-state index in [1.54, 1.807) is 12.3 Å². The summed E-state index contributed by atoms with van der Waals surface area (Å²) < 4.78 is 10.9. The SMILES string of the molecule is OCc1cnc(OCC2CCOCC2)c(Cl)c1. The maximum Gasteiger partial charge on any atom is 0.232 e. The summed E-state index contributed by atoms with van der Waals surface area (Å²) in [5.41, 5.74) is 0.688. The van der Waals surface area contributed by atoms with E-state index in [-0.39, 0.29) is 6.61 Å². The lowest BCUT2D eigenvalue weighted by Gasteiger charge is -2.21. The van der Waals surface area contributed by atoms with Gasteiger partial charge in [-0.25, -0.2) is 4.98 Å². The molecule has 1 saturated heterocycles. The van der Waals surface area contributed by atoms with Gasteiger partial charge in [0.05, 0.1) is 13.2 Å². The van der Waals surface area contributed by atoms with Crippen LogP contribution < -0.4 is 4.74 Å². The fourth-order valence-electron chi connectivity index (χ4n) is 1.77. The van der Waals surface area contributed by atoms with E-state index in [4.69, 9.17) is 26.2 Å². The number of aliphatic hydroxyl groups is 1. The first-order valence-electron chi connectivity index (χ1n) is 5.75. The monoisotopic (exact) mass is 257 g/mol. The van der Waals surface area contributed by atoms with Gasteiger partial charge in [0.15, 0.2) is 0 Å². The van der Waals surface area contributed by atoms with Crippen molar-refractivity contribution in [3.05, 3.63) is 22.8 Å². The zero-order valence-corrected chi connectivity index (χ0v) is 10.3. The minimum absolute atomic E-state index is 0.0625. The highest BCUT2D eigenvalue weighted by Gasteiger charge is 2.15. The predicted octanol–water partition coefficient (Wildman–Crippen LogP) is 2.03. The lowest BCUT2D eigenvalue weighted by molar-refractivity contribution is 0.0490. The molecule has 1 aliphatic rings. The van der Waals surface area contributed by atoms with Crippen molar-refractivity contribution in [1.29, 1.82) is 0 Å². The van der Waals surface area contributed by atoms with Gasteiger partial charge in [0.2, 0.25) is 5.88 Å². The van der Waals surface area contributed by atoms with Crippen molar-refractivity contribution in [2.75, 3.05) is 19.8 Å². The van der Waals surface area contributed by atoms with E-state index in [9.17, 15) is 0 Å². The Morgan fingerprint density at radius 1 is 1.47 bits per heavy atom. The van der Waals surface area contributed by atoms with Gasteiger partial charge in [0, 0.05) is 19.4 Å². The van der Waals surface area contributed by atoms with Crippen LogP contribution in [0.1, 0.15) is 18.4 Å². The minimum atomic E-state index is -0.0625. The summed E-state index contributed by atoms with van der Waals surface area (Å²) in [5.74, 6) is 0.953. The summed E-state index contributed by atoms with van der Waals surface area (Å²) in [6, 6.07) is 1.67. The number of aromatic nitrogens is 1. The molecule has 0 radical (unpaired) electrons. The first kappa shape index (κ1) is 12.6. The Balaban J connectivity index is 1.89. The quantitative estimate of drug-likeness (QED) is 0.897. The molecule has 1 aromatic rings. The number of nitrogens with zero attached hydrogens (tertiary/aromatic N) is 1. The number of pyridine rings is 1. The predicted molar refractivity (Wildman–Crippen MR) is 64.2 cm³/mol. The molecule has 0 aliphatic carbocycles. The van der Waals surface area contributed by atoms with E-state index in [0.29, 0.717) is 29.0 Å². The first-order valence-corrected chi connectivity index (χ1v) is 6.13. The molecule has 1 fully saturated rings. The third kappa shape index (κ3) is 3.56. The summed E-state index contributed by atoms with van der Waals surface area (Å²) in [6.07, 6.45) is 3.61. The van der Waals surface area contributed by atoms with Crippen LogP contribution in [0.15, 0.2) is 12.3 Å². The normalized spacial score (nSPS) is 17.1. The molecular formula is C12H16ClNO3. The molecule has 0 bridgehead atoms. The second kappa shape index (κ2) is 6.19. The van der Waals surface area contributed by atoms with Crippen molar-refractivity contribution in [2.45, 2.75) is 19.4 Å². The maximum absolute atomic E-state index is 8.93. The summed E-state index contributed by atoms with van der Waals surface area (Å²) in [7, 11) is 0. The van der Waals surface area contributed by atoms with E-state index in [1.165, 1.54) is 0 Å². The maximum atomic E-state index is 8.93. The van der Waals surface area contributed by atoms with Crippen LogP contribution in [-0.4, -0.2) is 29.9 Å². The second-order valence-corrected chi connectivity index (χ2v) is 4.56. The molecule has 94 valence electrons. The Morgan fingerprint density at radius 2 is 2.24 bits per heavy atom. The number of hydrogen-bond acceptors (Lipinski definition) is 4. The zero-order valence-electron chi connectivity index (χ0n) is 9.56. The fraction of sp³-hybridized carbons (Fsp3) is 0.583. The van der Waals surface area contributed by atoms with Crippen molar-refractivity contribution in [2.24, 2.45) is 5.92 Å². The number of rotatable bonds is 4. The van der Waals surface area contributed by atoms with E-state index in [2.05, 4.69) is 4.98 Å². The van der Waals surface area contributed by atoms with Crippen LogP contribution in [0.4, 0.5) is 0 Å². The van der Waals surface area contributed by atoms with Crippen molar-refractivity contribution in [3.8, 4) is 5.88 Å². The molecule has 0 unspecified atom stereocenters. The van der Waals surface area contributed by atoms with Gasteiger partial charge in [0.25, 0.3) is 0 Å². The Morgan fingerprint density at radius 3 is 2.88 bits per heavy atom. The van der Waals surface area contributed by atoms with E-state index in [0.717, 1.165) is 26.1 Å². The Kier molecular flexibility index (Phi) is 4.59. The van der Waals surface area contributed by atoms with Gasteiger partial charge < -0.3 is 14.6 Å². The highest BCUT2D eigenvalue weighted by atomic mass is 35.5. The third-order valence-corrected chi connectivity index (χ3v) is 3.11. The van der Waals surface area contributed by atoms with E-state index in [1.807, 2.05) is 0 Å². The number of ether oxygens (including phenoxy) is 2. The van der Waals surface area contributed by atoms with Gasteiger partial charge in [-0.15, -0.1) is 0 Å². The molecule has 2 heterocycles. The number of halogens is 1. The smallest absolute Gasteiger partial charge is 0.232 e. The van der Waals surface area contributed by atoms with Gasteiger partial charge in [0.1, 0.15) is 5.02 Å². The molecule has 0 atom stereocenters. The Labute approximate surface area is 106 Å². The van der Waals surface area contributed by atoms with Crippen LogP contribution >= 0.6 is 11.6 Å². The van der Waals surface area contributed by atoms with Gasteiger partial charge >= 0.3 is 0 Å². The van der Waals surface area contributed by atoms with Gasteiger partial charge in [-0.3, -0.25) is 0 Å². The molecule has 0 amide bonds. The Bertz CT molecular complexity index is 367. The summed E-state index contributed by atoms with van der Waals surface area (Å²) in [5, 5.41) is 9.38. The lowest BCUT2D eigenvalue weighted by Crippen LogP contribution is -2.21. The average Bonchev–Trinajstić information content (AvgIpc) is 2.38. The first-order chi connectivity index (χ1) is 8.29. The molecule has 0 saturated carbocycles. The van der Waals surface area contributed by atoms with Crippen LogP contribution in [-0.2, 0) is 11.3 Å². The molecule has 1 aromatic heterocycles. The fourth-order valence-corrected chi connectivity index (χ4v) is 2.01.